The Kier molecular flexibility index (Phi) is 4.01. The molecule has 6 heteroatoms. The Labute approximate surface area is 107 Å². The first-order chi connectivity index (χ1) is 8.17. The van der Waals surface area contributed by atoms with Crippen LogP contribution in [0, 0.1) is 13.8 Å². The lowest BCUT2D eigenvalue weighted by molar-refractivity contribution is -0.136. The maximum atomic E-state index is 12.1. The summed E-state index contributed by atoms with van der Waals surface area (Å²) >= 11 is 0. The van der Waals surface area contributed by atoms with E-state index >= 15 is 0 Å². The Morgan fingerprint density at radius 2 is 1.89 bits per heavy atom. The molecular formula is C12H17NO4S. The molecule has 0 fully saturated rings. The number of carboxylic acid groups (broad SMARTS) is 1. The van der Waals surface area contributed by atoms with Crippen molar-refractivity contribution in [1.82, 2.24) is 0 Å². The minimum atomic E-state index is -3.89. The molecule has 18 heavy (non-hydrogen) atoms. The molecule has 1 atom stereocenters. The number of aliphatic carboxylic acids is 1. The van der Waals surface area contributed by atoms with Crippen molar-refractivity contribution in [3.05, 3.63) is 29.3 Å². The zero-order valence-electron chi connectivity index (χ0n) is 10.8. The van der Waals surface area contributed by atoms with Gasteiger partial charge in [0.1, 0.15) is 0 Å². The number of carbonyl (C=O) groups is 1. The van der Waals surface area contributed by atoms with Gasteiger partial charge in [-0.05, 0) is 32.4 Å². The molecule has 0 radical (unpaired) electrons. The fraction of sp³-hybridized carbons (Fsp3) is 0.417. The van der Waals surface area contributed by atoms with Gasteiger partial charge in [0, 0.05) is 7.05 Å². The largest absolute Gasteiger partial charge is 0.480 e. The SMILES string of the molecule is Cc1ccc(N(C)S(=O)(=O)C(C)C(=O)O)c(C)c1. The number of aryl methyl sites for hydroxylation is 2. The van der Waals surface area contributed by atoms with Crippen LogP contribution in [0.3, 0.4) is 0 Å². The average Bonchev–Trinajstić information content (AvgIpc) is 2.27. The van der Waals surface area contributed by atoms with Gasteiger partial charge in [0.05, 0.1) is 5.69 Å². The monoisotopic (exact) mass is 271 g/mol. The van der Waals surface area contributed by atoms with Gasteiger partial charge in [0.2, 0.25) is 10.0 Å². The number of hydrogen-bond donors (Lipinski definition) is 1. The molecule has 0 saturated carbocycles. The van der Waals surface area contributed by atoms with Gasteiger partial charge in [0.15, 0.2) is 5.25 Å². The van der Waals surface area contributed by atoms with E-state index in [1.807, 2.05) is 13.0 Å². The van der Waals surface area contributed by atoms with E-state index in [9.17, 15) is 13.2 Å². The van der Waals surface area contributed by atoms with Crippen molar-refractivity contribution in [2.24, 2.45) is 0 Å². The third-order valence-corrected chi connectivity index (χ3v) is 4.92. The molecular weight excluding hydrogens is 254 g/mol. The van der Waals surface area contributed by atoms with Crippen molar-refractivity contribution in [2.75, 3.05) is 11.4 Å². The Balaban J connectivity index is 3.22. The Morgan fingerprint density at radius 3 is 2.33 bits per heavy atom. The van der Waals surface area contributed by atoms with Crippen molar-refractivity contribution in [2.45, 2.75) is 26.0 Å². The summed E-state index contributed by atoms with van der Waals surface area (Å²) in [5.41, 5.74) is 2.31. The Morgan fingerprint density at radius 1 is 1.33 bits per heavy atom. The highest BCUT2D eigenvalue weighted by molar-refractivity contribution is 7.94. The van der Waals surface area contributed by atoms with Crippen molar-refractivity contribution < 1.29 is 18.3 Å². The van der Waals surface area contributed by atoms with Gasteiger partial charge in [-0.2, -0.15) is 0 Å². The third-order valence-electron chi connectivity index (χ3n) is 2.87. The molecule has 0 aliphatic heterocycles. The highest BCUT2D eigenvalue weighted by Crippen LogP contribution is 2.24. The molecule has 0 aliphatic rings. The second kappa shape index (κ2) is 4.97. The second-order valence-corrected chi connectivity index (χ2v) is 6.57. The quantitative estimate of drug-likeness (QED) is 0.901. The first kappa shape index (κ1) is 14.5. The first-order valence-electron chi connectivity index (χ1n) is 5.45. The summed E-state index contributed by atoms with van der Waals surface area (Å²) in [7, 11) is -2.53. The predicted molar refractivity (Wildman–Crippen MR) is 70.3 cm³/mol. The maximum Gasteiger partial charge on any atom is 0.323 e. The number of benzene rings is 1. The van der Waals surface area contributed by atoms with Gasteiger partial charge in [-0.3, -0.25) is 9.10 Å². The summed E-state index contributed by atoms with van der Waals surface area (Å²) < 4.78 is 25.1. The molecule has 0 aromatic heterocycles. The fourth-order valence-corrected chi connectivity index (χ4v) is 2.87. The van der Waals surface area contributed by atoms with E-state index in [0.717, 1.165) is 22.4 Å². The van der Waals surface area contributed by atoms with Crippen LogP contribution in [-0.4, -0.2) is 31.8 Å². The normalized spacial score (nSPS) is 13.1. The van der Waals surface area contributed by atoms with Crippen LogP contribution in [0.2, 0.25) is 0 Å². The smallest absolute Gasteiger partial charge is 0.323 e. The Bertz CT molecular complexity index is 565. The van der Waals surface area contributed by atoms with E-state index in [1.165, 1.54) is 7.05 Å². The van der Waals surface area contributed by atoms with Crippen molar-refractivity contribution >= 4 is 21.7 Å². The second-order valence-electron chi connectivity index (χ2n) is 4.28. The highest BCUT2D eigenvalue weighted by Gasteiger charge is 2.32. The first-order valence-corrected chi connectivity index (χ1v) is 6.96. The summed E-state index contributed by atoms with van der Waals surface area (Å²) in [6.07, 6.45) is 0. The summed E-state index contributed by atoms with van der Waals surface area (Å²) in [5, 5.41) is 7.35. The zero-order chi connectivity index (χ0) is 14.1. The van der Waals surface area contributed by atoms with E-state index in [2.05, 4.69) is 0 Å². The van der Waals surface area contributed by atoms with Crippen molar-refractivity contribution in [3.8, 4) is 0 Å². The van der Waals surface area contributed by atoms with Gasteiger partial charge in [-0.25, -0.2) is 8.42 Å². The maximum absolute atomic E-state index is 12.1. The van der Waals surface area contributed by atoms with Crippen LogP contribution in [0.5, 0.6) is 0 Å². The number of carboxylic acids is 1. The van der Waals surface area contributed by atoms with Crippen molar-refractivity contribution in [1.29, 1.82) is 0 Å². The molecule has 0 bridgehead atoms. The van der Waals surface area contributed by atoms with Crippen LogP contribution < -0.4 is 4.31 Å². The Hall–Kier alpha value is -1.56. The lowest BCUT2D eigenvalue weighted by Crippen LogP contribution is -2.39. The summed E-state index contributed by atoms with van der Waals surface area (Å²) in [4.78, 5) is 10.8. The van der Waals surface area contributed by atoms with Crippen LogP contribution in [-0.2, 0) is 14.8 Å². The van der Waals surface area contributed by atoms with Crippen LogP contribution in [0.4, 0.5) is 5.69 Å². The number of hydrogen-bond acceptors (Lipinski definition) is 3. The van der Waals surface area contributed by atoms with Crippen molar-refractivity contribution in [3.63, 3.8) is 0 Å². The zero-order valence-corrected chi connectivity index (χ0v) is 11.7. The summed E-state index contributed by atoms with van der Waals surface area (Å²) in [6.45, 7) is 4.86. The standard InChI is InChI=1S/C12H17NO4S/c1-8-5-6-11(9(2)7-8)13(4)18(16,17)10(3)12(14)15/h5-7,10H,1-4H3,(H,14,15). The van der Waals surface area contributed by atoms with E-state index in [0.29, 0.717) is 5.69 Å². The molecule has 1 N–H and O–H groups in total. The van der Waals surface area contributed by atoms with Gasteiger partial charge in [-0.1, -0.05) is 17.7 Å². The number of sulfonamides is 1. The van der Waals surface area contributed by atoms with E-state index < -0.39 is 21.2 Å². The molecule has 0 spiro atoms. The lowest BCUT2D eigenvalue weighted by Gasteiger charge is -2.23. The lowest BCUT2D eigenvalue weighted by atomic mass is 10.1. The van der Waals surface area contributed by atoms with E-state index in [4.69, 9.17) is 5.11 Å². The topological polar surface area (TPSA) is 74.7 Å². The molecule has 5 nitrogen and oxygen atoms in total. The molecule has 0 amide bonds. The average molecular weight is 271 g/mol. The third kappa shape index (κ3) is 2.64. The summed E-state index contributed by atoms with van der Waals surface area (Å²) in [6, 6.07) is 5.32. The predicted octanol–water partition coefficient (Wildman–Crippen LogP) is 1.54. The molecule has 1 aromatic rings. The van der Waals surface area contributed by atoms with Gasteiger partial charge < -0.3 is 5.11 Å². The molecule has 0 aliphatic carbocycles. The van der Waals surface area contributed by atoms with Crippen LogP contribution in [0.15, 0.2) is 18.2 Å². The molecule has 0 heterocycles. The molecule has 1 unspecified atom stereocenters. The molecule has 1 rings (SSSR count). The highest BCUT2D eigenvalue weighted by atomic mass is 32.2. The fourth-order valence-electron chi connectivity index (χ4n) is 1.66. The van der Waals surface area contributed by atoms with Crippen LogP contribution >= 0.6 is 0 Å². The minimum absolute atomic E-state index is 0.494. The van der Waals surface area contributed by atoms with Gasteiger partial charge in [-0.15, -0.1) is 0 Å². The number of anilines is 1. The number of nitrogens with zero attached hydrogens (tertiary/aromatic N) is 1. The molecule has 100 valence electrons. The van der Waals surface area contributed by atoms with Gasteiger partial charge in [0.25, 0.3) is 0 Å². The van der Waals surface area contributed by atoms with Crippen LogP contribution in [0.1, 0.15) is 18.1 Å². The van der Waals surface area contributed by atoms with E-state index in [1.54, 1.807) is 19.1 Å². The summed E-state index contributed by atoms with van der Waals surface area (Å²) in [5.74, 6) is -1.35. The van der Waals surface area contributed by atoms with Crippen LogP contribution in [0.25, 0.3) is 0 Å². The minimum Gasteiger partial charge on any atom is -0.480 e. The van der Waals surface area contributed by atoms with E-state index in [-0.39, 0.29) is 0 Å². The molecule has 1 aromatic carbocycles. The molecule has 0 saturated heterocycles. The van der Waals surface area contributed by atoms with Gasteiger partial charge >= 0.3 is 5.97 Å². The number of rotatable bonds is 4.